The standard InChI is InChI=1S/C93H72N12O16/c106-57-94-73-25-1-61(2-26-73)49-65-9-33-77(34-10-65)98-89(114)102-81-41-17-69(18-42-81)85(110)118-53-93(54-119-86(111)70-19-43-82(44-20-70)103-90(115)99-78-35-11-66(12-36-78)50-62-3-27-74(28-4-62)95-58-107,55-120-87(112)71-21-45-83(46-22-71)104-91(116)100-79-37-13-67(14-38-79)51-63-5-29-75(30-6-63)96-59-108)56-121-88(113)72-23-47-84(48-24-72)105-92(117)101-80-39-15-68(16-40-80)52-64-7-31-76(32-8-64)97-60-109/h1-48H,49-56H2,(H2,98,102,114)(H2,99,103,115)(H2,100,104,116)(H2,101,105,117). The first-order valence-electron chi connectivity index (χ1n) is 37.3. The Morgan fingerprint density at radius 3 is 0.504 bits per heavy atom. The molecular formula is C93H72N12O16. The van der Waals surface area contributed by atoms with Crippen LogP contribution >= 0.6 is 0 Å². The van der Waals surface area contributed by atoms with Gasteiger partial charge in [0.15, 0.2) is 0 Å². The maximum absolute atomic E-state index is 14.3. The van der Waals surface area contributed by atoms with E-state index in [0.717, 1.165) is 44.5 Å². The molecule has 0 saturated heterocycles. The number of carbonyl (C=O) groups is 8. The normalized spacial score (nSPS) is 10.9. The zero-order valence-corrected chi connectivity index (χ0v) is 64.2. The third-order valence-electron chi connectivity index (χ3n) is 18.5. The van der Waals surface area contributed by atoms with Gasteiger partial charge >= 0.3 is 48.0 Å². The second-order valence-corrected chi connectivity index (χ2v) is 27.4. The van der Waals surface area contributed by atoms with Gasteiger partial charge in [0.25, 0.3) is 0 Å². The van der Waals surface area contributed by atoms with Crippen LogP contribution < -0.4 is 42.5 Å². The minimum Gasteiger partial charge on any atom is -0.461 e. The van der Waals surface area contributed by atoms with Crippen LogP contribution in [0.4, 0.5) is 87.4 Å². The molecule has 0 fully saturated rings. The predicted octanol–water partition coefficient (Wildman–Crippen LogP) is 18.2. The second-order valence-electron chi connectivity index (χ2n) is 27.4. The molecule has 0 heterocycles. The molecule has 12 aromatic carbocycles. The summed E-state index contributed by atoms with van der Waals surface area (Å²) in [5.74, 6) is -3.79. The molecule has 0 aromatic heterocycles. The molecule has 121 heavy (non-hydrogen) atoms. The first kappa shape index (κ1) is 83.5. The first-order valence-corrected chi connectivity index (χ1v) is 37.3. The van der Waals surface area contributed by atoms with E-state index in [4.69, 9.17) is 18.9 Å². The maximum Gasteiger partial charge on any atom is 0.338 e. The lowest BCUT2D eigenvalue weighted by Crippen LogP contribution is -2.44. The number of carbonyl (C=O) groups excluding carboxylic acids is 12. The molecular weight excluding hydrogens is 1540 g/mol. The lowest BCUT2D eigenvalue weighted by atomic mass is 9.92. The van der Waals surface area contributed by atoms with E-state index < -0.39 is 79.8 Å². The van der Waals surface area contributed by atoms with Gasteiger partial charge in [-0.25, -0.2) is 57.5 Å². The highest BCUT2D eigenvalue weighted by molar-refractivity contribution is 6.03. The van der Waals surface area contributed by atoms with E-state index in [-0.39, 0.29) is 45.0 Å². The molecule has 0 radical (unpaired) electrons. The molecule has 28 heteroatoms. The van der Waals surface area contributed by atoms with Crippen molar-refractivity contribution in [3.8, 4) is 0 Å². The topological polar surface area (TPSA) is 387 Å². The van der Waals surface area contributed by atoms with Crippen molar-refractivity contribution in [3.05, 3.63) is 358 Å². The van der Waals surface area contributed by atoms with Crippen molar-refractivity contribution < 1.29 is 76.5 Å². The number of isocyanates is 4. The average molecular weight is 1610 g/mol. The van der Waals surface area contributed by atoms with Gasteiger partial charge in [-0.1, -0.05) is 97.1 Å². The van der Waals surface area contributed by atoms with Crippen LogP contribution in [0.15, 0.2) is 311 Å². The molecule has 600 valence electrons. The Kier molecular flexibility index (Phi) is 28.6. The number of hydrogen-bond donors (Lipinski definition) is 8. The number of ether oxygens (including phenoxy) is 4. The van der Waals surface area contributed by atoms with E-state index in [1.54, 1.807) is 97.1 Å². The fourth-order valence-electron chi connectivity index (χ4n) is 12.1. The molecule has 0 bridgehead atoms. The van der Waals surface area contributed by atoms with Crippen LogP contribution in [0.2, 0.25) is 0 Å². The Morgan fingerprint density at radius 1 is 0.215 bits per heavy atom. The van der Waals surface area contributed by atoms with Crippen molar-refractivity contribution in [1.82, 2.24) is 0 Å². The smallest absolute Gasteiger partial charge is 0.338 e. The van der Waals surface area contributed by atoms with E-state index in [1.165, 1.54) is 121 Å². The molecule has 0 spiro atoms. The van der Waals surface area contributed by atoms with Gasteiger partial charge in [0.2, 0.25) is 24.3 Å². The van der Waals surface area contributed by atoms with E-state index in [1.807, 2.05) is 97.1 Å². The van der Waals surface area contributed by atoms with Crippen LogP contribution in [-0.2, 0) is 63.8 Å². The number of urea groups is 4. The summed E-state index contributed by atoms with van der Waals surface area (Å²) in [4.78, 5) is 167. The average Bonchev–Trinajstić information content (AvgIpc) is 0.826. The largest absolute Gasteiger partial charge is 0.461 e. The number of nitrogens with zero attached hydrogens (tertiary/aromatic N) is 4. The number of hydrogen-bond acceptors (Lipinski definition) is 20. The van der Waals surface area contributed by atoms with Crippen LogP contribution in [0.5, 0.6) is 0 Å². The second kappa shape index (κ2) is 41.4. The van der Waals surface area contributed by atoms with Gasteiger partial charge in [-0.15, -0.1) is 0 Å². The summed E-state index contributed by atoms with van der Waals surface area (Å²) in [6, 6.07) is 77.3. The first-order chi connectivity index (χ1) is 58.9. The number of esters is 4. The lowest BCUT2D eigenvalue weighted by molar-refractivity contribution is -0.0642. The molecule has 0 unspecified atom stereocenters. The number of nitrogens with one attached hydrogen (secondary N) is 8. The van der Waals surface area contributed by atoms with Gasteiger partial charge in [0, 0.05) is 45.5 Å². The summed E-state index contributed by atoms with van der Waals surface area (Å²) >= 11 is 0. The monoisotopic (exact) mass is 1610 g/mol. The molecule has 8 amide bonds. The Bertz CT molecular complexity index is 5170. The van der Waals surface area contributed by atoms with Crippen LogP contribution in [-0.4, -0.2) is 98.7 Å². The number of amides is 8. The lowest BCUT2D eigenvalue weighted by Gasteiger charge is -2.31. The summed E-state index contributed by atoms with van der Waals surface area (Å²) < 4.78 is 23.9. The van der Waals surface area contributed by atoms with Gasteiger partial charge in [0.05, 0.1) is 45.0 Å². The molecule has 12 rings (SSSR count). The fourth-order valence-corrected chi connectivity index (χ4v) is 12.1. The quantitative estimate of drug-likeness (QED) is 0.00840. The third kappa shape index (κ3) is 25.6. The minimum absolute atomic E-state index is 0.0258. The van der Waals surface area contributed by atoms with Gasteiger partial charge in [-0.3, -0.25) is 0 Å². The summed E-state index contributed by atoms with van der Waals surface area (Å²) in [7, 11) is 0. The molecule has 0 aliphatic carbocycles. The van der Waals surface area contributed by atoms with Gasteiger partial charge in [-0.05, 0) is 264 Å². The minimum atomic E-state index is -1.92. The van der Waals surface area contributed by atoms with E-state index in [9.17, 15) is 57.5 Å². The van der Waals surface area contributed by atoms with Crippen molar-refractivity contribution in [2.45, 2.75) is 25.7 Å². The van der Waals surface area contributed by atoms with Gasteiger partial charge in [-0.2, -0.15) is 20.0 Å². The summed E-state index contributed by atoms with van der Waals surface area (Å²) in [5, 5.41) is 22.0. The number of aliphatic imine (C=N–C) groups is 4. The highest BCUT2D eigenvalue weighted by atomic mass is 16.6. The van der Waals surface area contributed by atoms with Crippen molar-refractivity contribution in [2.24, 2.45) is 25.4 Å². The van der Waals surface area contributed by atoms with Gasteiger partial charge in [0.1, 0.15) is 31.8 Å². The molecule has 0 atom stereocenters. The highest BCUT2D eigenvalue weighted by Gasteiger charge is 2.39. The van der Waals surface area contributed by atoms with E-state index >= 15 is 0 Å². The van der Waals surface area contributed by atoms with Crippen LogP contribution in [0.3, 0.4) is 0 Å². The van der Waals surface area contributed by atoms with Crippen LogP contribution in [0.25, 0.3) is 0 Å². The molecule has 8 N–H and O–H groups in total. The predicted molar refractivity (Wildman–Crippen MR) is 454 cm³/mol. The number of rotatable bonds is 32. The number of anilines is 8. The van der Waals surface area contributed by atoms with Crippen molar-refractivity contribution in [1.29, 1.82) is 0 Å². The Balaban J connectivity index is 0.736. The zero-order valence-electron chi connectivity index (χ0n) is 64.2. The molecule has 0 aliphatic heterocycles. The highest BCUT2D eigenvalue weighted by Crippen LogP contribution is 2.29. The van der Waals surface area contributed by atoms with Crippen molar-refractivity contribution >= 4 is 141 Å². The molecule has 0 saturated carbocycles. The Labute approximate surface area is 691 Å². The van der Waals surface area contributed by atoms with E-state index in [2.05, 4.69) is 62.5 Å². The zero-order chi connectivity index (χ0) is 84.7. The summed E-state index contributed by atoms with van der Waals surface area (Å²) in [6.07, 6.45) is 8.37. The maximum atomic E-state index is 14.3. The van der Waals surface area contributed by atoms with Gasteiger partial charge < -0.3 is 61.5 Å². The Hall–Kier alpha value is -16.9. The van der Waals surface area contributed by atoms with Crippen LogP contribution in [0.1, 0.15) is 85.9 Å². The van der Waals surface area contributed by atoms with E-state index in [0.29, 0.717) is 71.2 Å². The molecule has 0 aliphatic rings. The van der Waals surface area contributed by atoms with Crippen LogP contribution in [0, 0.1) is 5.41 Å². The van der Waals surface area contributed by atoms with Crippen molar-refractivity contribution in [3.63, 3.8) is 0 Å². The van der Waals surface area contributed by atoms with Crippen molar-refractivity contribution in [2.75, 3.05) is 69.0 Å². The summed E-state index contributed by atoms with van der Waals surface area (Å²) in [6.45, 7) is -3.00. The Morgan fingerprint density at radius 2 is 0.355 bits per heavy atom. The summed E-state index contributed by atoms with van der Waals surface area (Å²) in [5.41, 5.74) is 10.6. The molecule has 12 aromatic rings. The fraction of sp³-hybridized carbons (Fsp3) is 0.0968. The third-order valence-corrected chi connectivity index (χ3v) is 18.5. The molecule has 28 nitrogen and oxygen atoms in total. The SMILES string of the molecule is O=C=Nc1ccc(Cc2ccc(NC(=O)Nc3ccc(C(=O)OCC(COC(=O)c4ccc(NC(=O)Nc5ccc(Cc6ccc(N=C=O)cc6)cc5)cc4)(COC(=O)c4ccc(NC(=O)Nc5ccc(Cc6ccc(N=C=O)cc6)cc5)cc4)COC(=O)c4ccc(NC(=O)Nc5ccc(Cc6ccc(N=C=O)cc6)cc5)cc4)cc3)cc2)cc1. The number of benzene rings is 12.